The Kier molecular flexibility index (Phi) is 2.59. The number of amides is 1. The van der Waals surface area contributed by atoms with E-state index in [1.54, 1.807) is 0 Å². The van der Waals surface area contributed by atoms with Gasteiger partial charge >= 0.3 is 0 Å². The van der Waals surface area contributed by atoms with E-state index in [4.69, 9.17) is 5.11 Å². The molecule has 0 spiro atoms. The SMILES string of the molecule is CC(CO)NC(=O)C1CC2C=CC1C2. The maximum Gasteiger partial charge on any atom is 0.224 e. The first kappa shape index (κ1) is 9.71. The number of fused-ring (bicyclic) bond motifs is 2. The molecule has 2 bridgehead atoms. The van der Waals surface area contributed by atoms with Crippen LogP contribution in [0.2, 0.25) is 0 Å². The summed E-state index contributed by atoms with van der Waals surface area (Å²) < 4.78 is 0. The van der Waals surface area contributed by atoms with Crippen LogP contribution in [-0.4, -0.2) is 23.7 Å². The van der Waals surface area contributed by atoms with Crippen LogP contribution in [0.1, 0.15) is 19.8 Å². The Labute approximate surface area is 84.2 Å². The number of hydrogen-bond donors (Lipinski definition) is 2. The van der Waals surface area contributed by atoms with Gasteiger partial charge in [0.05, 0.1) is 6.61 Å². The zero-order chi connectivity index (χ0) is 10.1. The second kappa shape index (κ2) is 3.73. The molecule has 0 saturated heterocycles. The Hall–Kier alpha value is -0.830. The van der Waals surface area contributed by atoms with Gasteiger partial charge in [-0.15, -0.1) is 0 Å². The summed E-state index contributed by atoms with van der Waals surface area (Å²) in [7, 11) is 0. The van der Waals surface area contributed by atoms with Gasteiger partial charge < -0.3 is 10.4 Å². The van der Waals surface area contributed by atoms with Gasteiger partial charge in [0, 0.05) is 12.0 Å². The molecule has 0 aromatic carbocycles. The quantitative estimate of drug-likeness (QED) is 0.651. The summed E-state index contributed by atoms with van der Waals surface area (Å²) in [5, 5.41) is 11.7. The maximum absolute atomic E-state index is 11.7. The van der Waals surface area contributed by atoms with Crippen molar-refractivity contribution in [1.82, 2.24) is 5.32 Å². The van der Waals surface area contributed by atoms with E-state index in [2.05, 4.69) is 17.5 Å². The van der Waals surface area contributed by atoms with Crippen molar-refractivity contribution >= 4 is 5.91 Å². The second-order valence-corrected chi connectivity index (χ2v) is 4.48. The Morgan fingerprint density at radius 3 is 2.86 bits per heavy atom. The highest BCUT2D eigenvalue weighted by Gasteiger charge is 2.39. The lowest BCUT2D eigenvalue weighted by molar-refractivity contribution is -0.126. The van der Waals surface area contributed by atoms with E-state index in [1.807, 2.05) is 6.92 Å². The first-order chi connectivity index (χ1) is 6.70. The lowest BCUT2D eigenvalue weighted by atomic mass is 9.92. The van der Waals surface area contributed by atoms with E-state index in [-0.39, 0.29) is 24.5 Å². The molecule has 78 valence electrons. The molecular formula is C11H17NO2. The summed E-state index contributed by atoms with van der Waals surface area (Å²) in [6.07, 6.45) is 6.53. The van der Waals surface area contributed by atoms with Crippen molar-refractivity contribution in [3.05, 3.63) is 12.2 Å². The van der Waals surface area contributed by atoms with Gasteiger partial charge in [0.2, 0.25) is 5.91 Å². The summed E-state index contributed by atoms with van der Waals surface area (Å²) in [5.41, 5.74) is 0. The molecule has 0 heterocycles. The summed E-state index contributed by atoms with van der Waals surface area (Å²) >= 11 is 0. The van der Waals surface area contributed by atoms with E-state index < -0.39 is 0 Å². The smallest absolute Gasteiger partial charge is 0.224 e. The molecule has 3 heteroatoms. The van der Waals surface area contributed by atoms with Gasteiger partial charge in [0.1, 0.15) is 0 Å². The van der Waals surface area contributed by atoms with Crippen LogP contribution in [-0.2, 0) is 4.79 Å². The van der Waals surface area contributed by atoms with Gasteiger partial charge in [0.15, 0.2) is 0 Å². The topological polar surface area (TPSA) is 49.3 Å². The number of rotatable bonds is 3. The van der Waals surface area contributed by atoms with Crippen molar-refractivity contribution in [1.29, 1.82) is 0 Å². The van der Waals surface area contributed by atoms with Crippen LogP contribution < -0.4 is 5.32 Å². The molecule has 0 aromatic rings. The first-order valence-corrected chi connectivity index (χ1v) is 5.30. The fourth-order valence-electron chi connectivity index (χ4n) is 2.48. The number of carbonyl (C=O) groups is 1. The fourth-order valence-corrected chi connectivity index (χ4v) is 2.48. The molecule has 4 atom stereocenters. The minimum atomic E-state index is -0.120. The fraction of sp³-hybridized carbons (Fsp3) is 0.727. The molecule has 1 saturated carbocycles. The highest BCUT2D eigenvalue weighted by molar-refractivity contribution is 5.80. The molecule has 4 unspecified atom stereocenters. The standard InChI is InChI=1S/C11H17NO2/c1-7(6-13)12-11(14)10-5-8-2-3-9(10)4-8/h2-3,7-10,13H,4-6H2,1H3,(H,12,14). The largest absolute Gasteiger partial charge is 0.394 e. The van der Waals surface area contributed by atoms with E-state index >= 15 is 0 Å². The highest BCUT2D eigenvalue weighted by atomic mass is 16.3. The van der Waals surface area contributed by atoms with Gasteiger partial charge in [-0.1, -0.05) is 12.2 Å². The summed E-state index contributed by atoms with van der Waals surface area (Å²) in [6, 6.07) is -0.120. The van der Waals surface area contributed by atoms with Gasteiger partial charge in [-0.25, -0.2) is 0 Å². The summed E-state index contributed by atoms with van der Waals surface area (Å²) in [5.74, 6) is 1.34. The van der Waals surface area contributed by atoms with Gasteiger partial charge in [0.25, 0.3) is 0 Å². The van der Waals surface area contributed by atoms with Crippen LogP contribution in [0, 0.1) is 17.8 Å². The predicted octanol–water partition coefficient (Wildman–Crippen LogP) is 0.696. The number of allylic oxidation sites excluding steroid dienone is 2. The minimum Gasteiger partial charge on any atom is -0.394 e. The van der Waals surface area contributed by atoms with Gasteiger partial charge in [-0.3, -0.25) is 4.79 Å². The Bertz CT molecular complexity index is 262. The van der Waals surface area contributed by atoms with Crippen LogP contribution >= 0.6 is 0 Å². The molecule has 1 fully saturated rings. The third-order valence-electron chi connectivity index (χ3n) is 3.28. The van der Waals surface area contributed by atoms with Gasteiger partial charge in [-0.05, 0) is 31.6 Å². The zero-order valence-corrected chi connectivity index (χ0v) is 8.44. The molecule has 14 heavy (non-hydrogen) atoms. The number of aliphatic hydroxyl groups excluding tert-OH is 1. The summed E-state index contributed by atoms with van der Waals surface area (Å²) in [4.78, 5) is 11.7. The number of aliphatic hydroxyl groups is 1. The third kappa shape index (κ3) is 1.69. The maximum atomic E-state index is 11.7. The van der Waals surface area contributed by atoms with Crippen molar-refractivity contribution in [2.24, 2.45) is 17.8 Å². The molecule has 0 aromatic heterocycles. The van der Waals surface area contributed by atoms with Gasteiger partial charge in [-0.2, -0.15) is 0 Å². The van der Waals surface area contributed by atoms with E-state index in [9.17, 15) is 4.79 Å². The van der Waals surface area contributed by atoms with Crippen molar-refractivity contribution in [3.63, 3.8) is 0 Å². The van der Waals surface area contributed by atoms with Crippen LogP contribution in [0.4, 0.5) is 0 Å². The second-order valence-electron chi connectivity index (χ2n) is 4.48. The average molecular weight is 195 g/mol. The van der Waals surface area contributed by atoms with Crippen molar-refractivity contribution < 1.29 is 9.90 Å². The third-order valence-corrected chi connectivity index (χ3v) is 3.28. The molecule has 1 amide bonds. The molecule has 0 radical (unpaired) electrons. The van der Waals surface area contributed by atoms with Crippen molar-refractivity contribution in [3.8, 4) is 0 Å². The Morgan fingerprint density at radius 1 is 1.57 bits per heavy atom. The van der Waals surface area contributed by atoms with Crippen molar-refractivity contribution in [2.45, 2.75) is 25.8 Å². The lowest BCUT2D eigenvalue weighted by Crippen LogP contribution is -2.40. The highest BCUT2D eigenvalue weighted by Crippen LogP contribution is 2.43. The lowest BCUT2D eigenvalue weighted by Gasteiger charge is -2.19. The van der Waals surface area contributed by atoms with Crippen LogP contribution in [0.5, 0.6) is 0 Å². The summed E-state index contributed by atoms with van der Waals surface area (Å²) in [6.45, 7) is 1.84. The van der Waals surface area contributed by atoms with E-state index in [0.717, 1.165) is 12.8 Å². The van der Waals surface area contributed by atoms with Crippen LogP contribution in [0.25, 0.3) is 0 Å². The number of hydrogen-bond acceptors (Lipinski definition) is 2. The molecular weight excluding hydrogens is 178 g/mol. The van der Waals surface area contributed by atoms with E-state index in [1.165, 1.54) is 0 Å². The van der Waals surface area contributed by atoms with E-state index in [0.29, 0.717) is 11.8 Å². The molecule has 0 aliphatic heterocycles. The predicted molar refractivity (Wildman–Crippen MR) is 53.5 cm³/mol. The molecule has 2 N–H and O–H groups in total. The minimum absolute atomic E-state index is 0.0163. The number of carbonyl (C=O) groups excluding carboxylic acids is 1. The molecule has 3 nitrogen and oxygen atoms in total. The molecule has 2 rings (SSSR count). The Balaban J connectivity index is 1.90. The number of nitrogens with one attached hydrogen (secondary N) is 1. The normalized spacial score (nSPS) is 36.0. The monoisotopic (exact) mass is 195 g/mol. The molecule has 2 aliphatic rings. The molecule has 2 aliphatic carbocycles. The Morgan fingerprint density at radius 2 is 2.36 bits per heavy atom. The average Bonchev–Trinajstić information content (AvgIpc) is 2.78. The van der Waals surface area contributed by atoms with Crippen LogP contribution in [0.3, 0.4) is 0 Å². The zero-order valence-electron chi connectivity index (χ0n) is 8.44. The first-order valence-electron chi connectivity index (χ1n) is 5.30. The van der Waals surface area contributed by atoms with Crippen molar-refractivity contribution in [2.75, 3.05) is 6.61 Å². The van der Waals surface area contributed by atoms with Crippen LogP contribution in [0.15, 0.2) is 12.2 Å².